The van der Waals surface area contributed by atoms with Crippen molar-refractivity contribution < 1.29 is 0 Å². The molecular formula is C25H33N5. The van der Waals surface area contributed by atoms with E-state index in [2.05, 4.69) is 76.0 Å². The number of nitrogens with one attached hydrogen (secondary N) is 1. The van der Waals surface area contributed by atoms with E-state index in [-0.39, 0.29) is 0 Å². The maximum atomic E-state index is 4.53. The Morgan fingerprint density at radius 2 is 1.90 bits per heavy atom. The Hall–Kier alpha value is -2.53. The molecule has 5 nitrogen and oxygen atoms in total. The first-order valence-corrected chi connectivity index (χ1v) is 11.3. The second-order valence-corrected chi connectivity index (χ2v) is 9.49. The van der Waals surface area contributed by atoms with Gasteiger partial charge in [-0.2, -0.15) is 5.10 Å². The minimum absolute atomic E-state index is 0.595. The fourth-order valence-corrected chi connectivity index (χ4v) is 5.66. The Morgan fingerprint density at radius 3 is 2.60 bits per heavy atom. The summed E-state index contributed by atoms with van der Waals surface area (Å²) in [4.78, 5) is 2.64. The molecule has 5 heteroatoms. The van der Waals surface area contributed by atoms with Crippen molar-refractivity contribution in [2.24, 2.45) is 18.4 Å². The van der Waals surface area contributed by atoms with Gasteiger partial charge < -0.3 is 5.43 Å². The lowest BCUT2D eigenvalue weighted by atomic mass is 9.57. The van der Waals surface area contributed by atoms with E-state index in [9.17, 15) is 0 Å². The fourth-order valence-electron chi connectivity index (χ4n) is 5.66. The topological polar surface area (TPSA) is 36.3 Å². The predicted molar refractivity (Wildman–Crippen MR) is 121 cm³/mol. The van der Waals surface area contributed by atoms with E-state index in [0.29, 0.717) is 5.41 Å². The molecule has 2 fully saturated rings. The van der Waals surface area contributed by atoms with Crippen LogP contribution in [0.25, 0.3) is 5.70 Å². The third kappa shape index (κ3) is 3.91. The molecular weight excluding hydrogens is 370 g/mol. The van der Waals surface area contributed by atoms with Gasteiger partial charge in [0, 0.05) is 38.1 Å². The highest BCUT2D eigenvalue weighted by Crippen LogP contribution is 2.53. The quantitative estimate of drug-likeness (QED) is 0.816. The summed E-state index contributed by atoms with van der Waals surface area (Å²) in [6.07, 6.45) is 13.9. The standard InChI is InChI=1S/C25H33N5/c1-20-23(19-28(2)27-20)24-9-6-12-26-30(24)18-22-15-25(16-22)10-13-29(14-11-25)17-21-7-4-3-5-8-21/h3-9,12,19,22,26H,10-11,13-18H2,1-2H3. The van der Waals surface area contributed by atoms with Gasteiger partial charge in [-0.25, -0.2) is 0 Å². The molecule has 0 atom stereocenters. The van der Waals surface area contributed by atoms with Crippen molar-refractivity contribution in [3.8, 4) is 0 Å². The van der Waals surface area contributed by atoms with E-state index in [1.165, 1.54) is 55.6 Å². The molecule has 30 heavy (non-hydrogen) atoms. The van der Waals surface area contributed by atoms with Crippen LogP contribution in [0.5, 0.6) is 0 Å². The van der Waals surface area contributed by atoms with Crippen molar-refractivity contribution in [3.63, 3.8) is 0 Å². The Balaban J connectivity index is 1.14. The van der Waals surface area contributed by atoms with Gasteiger partial charge in [-0.3, -0.25) is 14.6 Å². The molecule has 3 heterocycles. The number of likely N-dealkylation sites (tertiary alicyclic amines) is 1. The van der Waals surface area contributed by atoms with Gasteiger partial charge in [0.1, 0.15) is 0 Å². The largest absolute Gasteiger partial charge is 0.306 e. The van der Waals surface area contributed by atoms with Crippen LogP contribution in [0.15, 0.2) is 54.9 Å². The summed E-state index contributed by atoms with van der Waals surface area (Å²) in [6, 6.07) is 10.9. The lowest BCUT2D eigenvalue weighted by Crippen LogP contribution is -2.50. The van der Waals surface area contributed by atoms with E-state index in [0.717, 1.165) is 24.7 Å². The van der Waals surface area contributed by atoms with Crippen molar-refractivity contribution >= 4 is 5.70 Å². The number of piperidine rings is 1. The highest BCUT2D eigenvalue weighted by atomic mass is 15.5. The molecule has 2 aliphatic heterocycles. The van der Waals surface area contributed by atoms with Crippen LogP contribution in [0.4, 0.5) is 0 Å². The summed E-state index contributed by atoms with van der Waals surface area (Å²) in [5.41, 5.74) is 9.04. The molecule has 1 spiro atoms. The molecule has 0 unspecified atom stereocenters. The second kappa shape index (κ2) is 7.95. The van der Waals surface area contributed by atoms with Gasteiger partial charge in [0.15, 0.2) is 0 Å². The molecule has 0 bridgehead atoms. The van der Waals surface area contributed by atoms with Crippen molar-refractivity contribution in [1.29, 1.82) is 0 Å². The number of aromatic nitrogens is 2. The highest BCUT2D eigenvalue weighted by Gasteiger charge is 2.46. The van der Waals surface area contributed by atoms with Crippen LogP contribution in [-0.2, 0) is 13.6 Å². The zero-order valence-electron chi connectivity index (χ0n) is 18.2. The Labute approximate surface area is 180 Å². The van der Waals surface area contributed by atoms with E-state index < -0.39 is 0 Å². The number of rotatable bonds is 5. The minimum atomic E-state index is 0.595. The molecule has 0 radical (unpaired) electrons. The van der Waals surface area contributed by atoms with E-state index in [4.69, 9.17) is 0 Å². The maximum absolute atomic E-state index is 4.53. The first-order chi connectivity index (χ1) is 14.6. The zero-order chi connectivity index (χ0) is 20.6. The Bertz CT molecular complexity index is 926. The molecule has 5 rings (SSSR count). The number of allylic oxidation sites excluding steroid dienone is 2. The summed E-state index contributed by atoms with van der Waals surface area (Å²) in [7, 11) is 1.99. The highest BCUT2D eigenvalue weighted by molar-refractivity contribution is 5.67. The van der Waals surface area contributed by atoms with Crippen molar-refractivity contribution in [3.05, 3.63) is 71.7 Å². The lowest BCUT2D eigenvalue weighted by molar-refractivity contribution is -0.0249. The van der Waals surface area contributed by atoms with E-state index in [1.807, 2.05) is 17.9 Å². The van der Waals surface area contributed by atoms with Crippen LogP contribution in [0.3, 0.4) is 0 Å². The Kier molecular flexibility index (Phi) is 5.15. The van der Waals surface area contributed by atoms with Crippen LogP contribution in [0.2, 0.25) is 0 Å². The number of hydrogen-bond donors (Lipinski definition) is 1. The van der Waals surface area contributed by atoms with Crippen LogP contribution in [-0.4, -0.2) is 39.3 Å². The third-order valence-corrected chi connectivity index (χ3v) is 7.21. The summed E-state index contributed by atoms with van der Waals surface area (Å²) in [5, 5.41) is 6.86. The predicted octanol–water partition coefficient (Wildman–Crippen LogP) is 4.10. The van der Waals surface area contributed by atoms with Crippen LogP contribution < -0.4 is 5.43 Å². The van der Waals surface area contributed by atoms with E-state index in [1.54, 1.807) is 0 Å². The zero-order valence-corrected chi connectivity index (χ0v) is 18.2. The van der Waals surface area contributed by atoms with Gasteiger partial charge in [0.05, 0.1) is 11.4 Å². The van der Waals surface area contributed by atoms with E-state index >= 15 is 0 Å². The molecule has 1 saturated heterocycles. The first kappa shape index (κ1) is 19.4. The summed E-state index contributed by atoms with van der Waals surface area (Å²) in [6.45, 7) is 6.75. The molecule has 1 N–H and O–H groups in total. The smallest absolute Gasteiger partial charge is 0.0687 e. The third-order valence-electron chi connectivity index (χ3n) is 7.21. The molecule has 3 aliphatic rings. The summed E-state index contributed by atoms with van der Waals surface area (Å²) in [5.74, 6) is 0.769. The molecule has 1 aromatic heterocycles. The molecule has 158 valence electrons. The normalized spacial score (nSPS) is 21.4. The molecule has 1 saturated carbocycles. The number of nitrogens with zero attached hydrogens (tertiary/aromatic N) is 4. The van der Waals surface area contributed by atoms with Gasteiger partial charge in [0.2, 0.25) is 0 Å². The summed E-state index contributed by atoms with van der Waals surface area (Å²) >= 11 is 0. The molecule has 1 aliphatic carbocycles. The molecule has 1 aromatic carbocycles. The number of hydrogen-bond acceptors (Lipinski definition) is 4. The molecule has 0 amide bonds. The maximum Gasteiger partial charge on any atom is 0.0687 e. The van der Waals surface area contributed by atoms with Crippen molar-refractivity contribution in [2.75, 3.05) is 19.6 Å². The van der Waals surface area contributed by atoms with Gasteiger partial charge >= 0.3 is 0 Å². The van der Waals surface area contributed by atoms with Gasteiger partial charge in [-0.1, -0.05) is 30.3 Å². The van der Waals surface area contributed by atoms with Crippen LogP contribution in [0.1, 0.15) is 42.5 Å². The first-order valence-electron chi connectivity index (χ1n) is 11.3. The minimum Gasteiger partial charge on any atom is -0.306 e. The van der Waals surface area contributed by atoms with Gasteiger partial charge in [0.25, 0.3) is 0 Å². The van der Waals surface area contributed by atoms with Crippen LogP contribution >= 0.6 is 0 Å². The summed E-state index contributed by atoms with van der Waals surface area (Å²) < 4.78 is 1.91. The number of benzene rings is 1. The second-order valence-electron chi connectivity index (χ2n) is 9.49. The molecule has 2 aromatic rings. The van der Waals surface area contributed by atoms with Crippen LogP contribution in [0, 0.1) is 18.3 Å². The van der Waals surface area contributed by atoms with Crippen molar-refractivity contribution in [2.45, 2.75) is 39.2 Å². The lowest BCUT2D eigenvalue weighted by Gasteiger charge is -2.53. The Morgan fingerprint density at radius 1 is 1.13 bits per heavy atom. The van der Waals surface area contributed by atoms with Gasteiger partial charge in [-0.05, 0) is 74.7 Å². The fraction of sp³-hybridized carbons (Fsp3) is 0.480. The van der Waals surface area contributed by atoms with Crippen molar-refractivity contribution in [1.82, 2.24) is 25.1 Å². The average molecular weight is 404 g/mol. The number of aryl methyl sites for hydroxylation is 2. The number of hydrazine groups is 1. The average Bonchev–Trinajstić information content (AvgIpc) is 3.07. The van der Waals surface area contributed by atoms with Gasteiger partial charge in [-0.15, -0.1) is 0 Å². The SMILES string of the molecule is Cc1nn(C)cc1C1=CC=CNN1CC1CC2(CCN(Cc3ccccc3)CC2)C1. The monoisotopic (exact) mass is 403 g/mol.